The van der Waals surface area contributed by atoms with Gasteiger partial charge in [0.25, 0.3) is 0 Å². The SMILES string of the molecule is CC1CCCCC1N(C)CCC1CCNCC1. The van der Waals surface area contributed by atoms with Crippen LogP contribution in [0.25, 0.3) is 0 Å². The molecule has 1 aliphatic heterocycles. The van der Waals surface area contributed by atoms with Crippen LogP contribution in [0.3, 0.4) is 0 Å². The van der Waals surface area contributed by atoms with E-state index in [2.05, 4.69) is 24.2 Å². The minimum absolute atomic E-state index is 0.866. The van der Waals surface area contributed by atoms with Crippen LogP contribution in [-0.4, -0.2) is 37.6 Å². The van der Waals surface area contributed by atoms with Crippen molar-refractivity contribution in [1.82, 2.24) is 10.2 Å². The molecule has 0 aromatic rings. The van der Waals surface area contributed by atoms with Crippen LogP contribution in [0, 0.1) is 11.8 Å². The lowest BCUT2D eigenvalue weighted by Crippen LogP contribution is -2.40. The van der Waals surface area contributed by atoms with Crippen molar-refractivity contribution in [2.24, 2.45) is 11.8 Å². The smallest absolute Gasteiger partial charge is 0.0118 e. The van der Waals surface area contributed by atoms with Gasteiger partial charge >= 0.3 is 0 Å². The first-order valence-corrected chi connectivity index (χ1v) is 7.68. The van der Waals surface area contributed by atoms with E-state index in [1.54, 1.807) is 0 Å². The maximum absolute atomic E-state index is 3.46. The van der Waals surface area contributed by atoms with Crippen LogP contribution in [0.5, 0.6) is 0 Å². The number of hydrogen-bond acceptors (Lipinski definition) is 2. The maximum Gasteiger partial charge on any atom is 0.0118 e. The Bertz CT molecular complexity index is 211. The molecule has 1 saturated heterocycles. The summed E-state index contributed by atoms with van der Waals surface area (Å²) in [6.45, 7) is 6.26. The van der Waals surface area contributed by atoms with Gasteiger partial charge in [-0.05, 0) is 70.6 Å². The fourth-order valence-electron chi connectivity index (χ4n) is 3.67. The Hall–Kier alpha value is -0.0800. The Morgan fingerprint density at radius 1 is 1.06 bits per heavy atom. The largest absolute Gasteiger partial charge is 0.317 e. The van der Waals surface area contributed by atoms with Gasteiger partial charge in [-0.25, -0.2) is 0 Å². The first kappa shape index (κ1) is 13.4. The normalized spacial score (nSPS) is 31.9. The molecule has 2 atom stereocenters. The van der Waals surface area contributed by atoms with E-state index in [-0.39, 0.29) is 0 Å². The quantitative estimate of drug-likeness (QED) is 0.810. The average molecular weight is 238 g/mol. The van der Waals surface area contributed by atoms with Crippen molar-refractivity contribution in [3.8, 4) is 0 Å². The van der Waals surface area contributed by atoms with E-state index in [1.165, 1.54) is 64.6 Å². The minimum atomic E-state index is 0.866. The number of piperidine rings is 1. The topological polar surface area (TPSA) is 15.3 Å². The first-order valence-electron chi connectivity index (χ1n) is 7.68. The summed E-state index contributed by atoms with van der Waals surface area (Å²) in [7, 11) is 2.35. The predicted octanol–water partition coefficient (Wildman–Crippen LogP) is 2.89. The van der Waals surface area contributed by atoms with Crippen LogP contribution >= 0.6 is 0 Å². The van der Waals surface area contributed by atoms with Crippen molar-refractivity contribution in [2.45, 2.75) is 57.9 Å². The third-order valence-electron chi connectivity index (χ3n) is 4.98. The lowest BCUT2D eigenvalue weighted by Gasteiger charge is -2.37. The highest BCUT2D eigenvalue weighted by Gasteiger charge is 2.25. The Labute approximate surface area is 107 Å². The monoisotopic (exact) mass is 238 g/mol. The molecular weight excluding hydrogens is 208 g/mol. The van der Waals surface area contributed by atoms with E-state index < -0.39 is 0 Å². The van der Waals surface area contributed by atoms with Crippen LogP contribution < -0.4 is 5.32 Å². The van der Waals surface area contributed by atoms with Gasteiger partial charge in [0, 0.05) is 6.04 Å². The van der Waals surface area contributed by atoms with Crippen molar-refractivity contribution in [3.05, 3.63) is 0 Å². The highest BCUT2D eigenvalue weighted by molar-refractivity contribution is 4.80. The number of rotatable bonds is 4. The minimum Gasteiger partial charge on any atom is -0.317 e. The second-order valence-electron chi connectivity index (χ2n) is 6.29. The summed E-state index contributed by atoms with van der Waals surface area (Å²) in [4.78, 5) is 2.66. The summed E-state index contributed by atoms with van der Waals surface area (Å²) in [5, 5.41) is 3.46. The standard InChI is InChI=1S/C15H30N2/c1-13-5-3-4-6-15(13)17(2)12-9-14-7-10-16-11-8-14/h13-16H,3-12H2,1-2H3. The Kier molecular flexibility index (Phi) is 5.30. The van der Waals surface area contributed by atoms with Gasteiger partial charge in [-0.15, -0.1) is 0 Å². The van der Waals surface area contributed by atoms with Crippen LogP contribution in [-0.2, 0) is 0 Å². The molecule has 0 bridgehead atoms. The van der Waals surface area contributed by atoms with E-state index in [1.807, 2.05) is 0 Å². The van der Waals surface area contributed by atoms with E-state index in [4.69, 9.17) is 0 Å². The first-order chi connectivity index (χ1) is 8.27. The summed E-state index contributed by atoms with van der Waals surface area (Å²) in [5.41, 5.74) is 0. The summed E-state index contributed by atoms with van der Waals surface area (Å²) >= 11 is 0. The molecule has 2 unspecified atom stereocenters. The fraction of sp³-hybridized carbons (Fsp3) is 1.00. The highest BCUT2D eigenvalue weighted by atomic mass is 15.1. The van der Waals surface area contributed by atoms with Crippen molar-refractivity contribution >= 4 is 0 Å². The van der Waals surface area contributed by atoms with Crippen LogP contribution in [0.15, 0.2) is 0 Å². The van der Waals surface area contributed by atoms with E-state index >= 15 is 0 Å². The zero-order valence-corrected chi connectivity index (χ0v) is 11.8. The lowest BCUT2D eigenvalue weighted by molar-refractivity contribution is 0.129. The molecule has 2 fully saturated rings. The summed E-state index contributed by atoms with van der Waals surface area (Å²) in [5.74, 6) is 1.90. The van der Waals surface area contributed by atoms with E-state index in [9.17, 15) is 0 Å². The number of nitrogens with one attached hydrogen (secondary N) is 1. The van der Waals surface area contributed by atoms with Gasteiger partial charge in [-0.1, -0.05) is 19.8 Å². The molecule has 2 nitrogen and oxygen atoms in total. The maximum atomic E-state index is 3.46. The summed E-state index contributed by atoms with van der Waals surface area (Å²) in [6.07, 6.45) is 10.0. The van der Waals surface area contributed by atoms with Crippen molar-refractivity contribution in [1.29, 1.82) is 0 Å². The van der Waals surface area contributed by atoms with Gasteiger partial charge in [0.05, 0.1) is 0 Å². The second-order valence-corrected chi connectivity index (χ2v) is 6.29. The van der Waals surface area contributed by atoms with Crippen molar-refractivity contribution in [3.63, 3.8) is 0 Å². The molecule has 0 spiro atoms. The molecule has 0 radical (unpaired) electrons. The molecule has 17 heavy (non-hydrogen) atoms. The molecule has 2 rings (SSSR count). The Morgan fingerprint density at radius 2 is 1.76 bits per heavy atom. The van der Waals surface area contributed by atoms with Crippen molar-refractivity contribution < 1.29 is 0 Å². The van der Waals surface area contributed by atoms with Gasteiger partial charge in [0.15, 0.2) is 0 Å². The molecule has 1 N–H and O–H groups in total. The molecule has 0 amide bonds. The molecule has 2 aliphatic rings. The molecule has 1 saturated carbocycles. The highest BCUT2D eigenvalue weighted by Crippen LogP contribution is 2.28. The lowest BCUT2D eigenvalue weighted by atomic mass is 9.84. The fourth-order valence-corrected chi connectivity index (χ4v) is 3.67. The van der Waals surface area contributed by atoms with Gasteiger partial charge in [0.1, 0.15) is 0 Å². The average Bonchev–Trinajstić information content (AvgIpc) is 2.38. The van der Waals surface area contributed by atoms with Gasteiger partial charge in [-0.2, -0.15) is 0 Å². The van der Waals surface area contributed by atoms with Crippen LogP contribution in [0.2, 0.25) is 0 Å². The van der Waals surface area contributed by atoms with Crippen LogP contribution in [0.1, 0.15) is 51.9 Å². The zero-order chi connectivity index (χ0) is 12.1. The van der Waals surface area contributed by atoms with Crippen molar-refractivity contribution in [2.75, 3.05) is 26.7 Å². The molecule has 0 aromatic carbocycles. The Morgan fingerprint density at radius 3 is 2.47 bits per heavy atom. The Balaban J connectivity index is 1.70. The predicted molar refractivity (Wildman–Crippen MR) is 74.3 cm³/mol. The molecular formula is C15H30N2. The van der Waals surface area contributed by atoms with Gasteiger partial charge in [0.2, 0.25) is 0 Å². The zero-order valence-electron chi connectivity index (χ0n) is 11.8. The summed E-state index contributed by atoms with van der Waals surface area (Å²) < 4.78 is 0. The molecule has 1 aliphatic carbocycles. The molecule has 0 aromatic heterocycles. The van der Waals surface area contributed by atoms with Gasteiger partial charge in [-0.3, -0.25) is 0 Å². The number of nitrogens with zero attached hydrogens (tertiary/aromatic N) is 1. The van der Waals surface area contributed by atoms with Crippen LogP contribution in [0.4, 0.5) is 0 Å². The third-order valence-corrected chi connectivity index (χ3v) is 4.98. The third kappa shape index (κ3) is 3.96. The summed E-state index contributed by atoms with van der Waals surface area (Å²) in [6, 6.07) is 0.866. The molecule has 100 valence electrons. The van der Waals surface area contributed by atoms with E-state index in [0.29, 0.717) is 0 Å². The molecule has 2 heteroatoms. The van der Waals surface area contributed by atoms with E-state index in [0.717, 1.165) is 17.9 Å². The molecule has 1 heterocycles. The van der Waals surface area contributed by atoms with Gasteiger partial charge < -0.3 is 10.2 Å². The number of hydrogen-bond donors (Lipinski definition) is 1. The second kappa shape index (κ2) is 6.75.